The highest BCUT2D eigenvalue weighted by Gasteiger charge is 2.25. The molecule has 4 nitrogen and oxygen atoms in total. The zero-order valence-corrected chi connectivity index (χ0v) is 11.4. The van der Waals surface area contributed by atoms with Crippen LogP contribution in [0.25, 0.3) is 10.9 Å². The number of nitrogens with one attached hydrogen (secondary N) is 2. The molecule has 0 fully saturated rings. The Morgan fingerprint density at radius 1 is 1.26 bits per heavy atom. The van der Waals surface area contributed by atoms with Gasteiger partial charge in [0.1, 0.15) is 0 Å². The molecule has 0 bridgehead atoms. The van der Waals surface area contributed by atoms with Crippen LogP contribution in [0.15, 0.2) is 30.5 Å². The van der Waals surface area contributed by atoms with Crippen molar-refractivity contribution in [1.29, 1.82) is 0 Å². The van der Waals surface area contributed by atoms with Gasteiger partial charge in [0, 0.05) is 36.0 Å². The lowest BCUT2D eigenvalue weighted by atomic mass is 9.84. The van der Waals surface area contributed by atoms with Crippen LogP contribution in [0.4, 0.5) is 0 Å². The molecule has 19 heavy (non-hydrogen) atoms. The summed E-state index contributed by atoms with van der Waals surface area (Å²) >= 11 is 0. The quantitative estimate of drug-likeness (QED) is 0.825. The molecule has 2 N–H and O–H groups in total. The third-order valence-electron chi connectivity index (χ3n) is 3.33. The maximum Gasteiger partial charge on any atom is 0.287 e. The first-order chi connectivity index (χ1) is 8.92. The summed E-state index contributed by atoms with van der Waals surface area (Å²) < 4.78 is 0. The average Bonchev–Trinajstić information content (AvgIpc) is 2.80. The number of rotatable bonds is 4. The second kappa shape index (κ2) is 4.88. The lowest BCUT2D eigenvalue weighted by Crippen LogP contribution is -2.39. The molecule has 1 aromatic carbocycles. The molecule has 0 saturated heterocycles. The molecule has 1 amide bonds. The average molecular weight is 258 g/mol. The molecule has 100 valence electrons. The number of amides is 1. The van der Waals surface area contributed by atoms with Crippen molar-refractivity contribution >= 4 is 22.6 Å². The molecule has 0 atom stereocenters. The van der Waals surface area contributed by atoms with Crippen LogP contribution < -0.4 is 5.32 Å². The van der Waals surface area contributed by atoms with E-state index in [2.05, 4.69) is 16.4 Å². The Morgan fingerprint density at radius 2 is 1.95 bits per heavy atom. The minimum Gasteiger partial charge on any atom is -0.361 e. The summed E-state index contributed by atoms with van der Waals surface area (Å²) in [5.41, 5.74) is 1.96. The number of Topliss-reactive ketones (excluding diaryl/α,β-unsaturated/α-hetero) is 1. The fourth-order valence-corrected chi connectivity index (χ4v) is 2.15. The smallest absolute Gasteiger partial charge is 0.287 e. The predicted octanol–water partition coefficient (Wildman–Crippen LogP) is 2.15. The lowest BCUT2D eigenvalue weighted by molar-refractivity contribution is -0.136. The first-order valence-corrected chi connectivity index (χ1v) is 6.27. The molecule has 0 radical (unpaired) electrons. The zero-order chi connectivity index (χ0) is 14.0. The van der Waals surface area contributed by atoms with Crippen LogP contribution in [0.1, 0.15) is 26.3 Å². The number of carbonyl (C=O) groups is 2. The molecule has 0 saturated carbocycles. The van der Waals surface area contributed by atoms with Crippen molar-refractivity contribution in [2.75, 3.05) is 6.54 Å². The van der Waals surface area contributed by atoms with Crippen molar-refractivity contribution in [3.05, 3.63) is 36.0 Å². The minimum absolute atomic E-state index is 0.245. The van der Waals surface area contributed by atoms with Crippen LogP contribution in [0, 0.1) is 0 Å². The Bertz CT molecular complexity index is 626. The van der Waals surface area contributed by atoms with Gasteiger partial charge in [-0.1, -0.05) is 32.0 Å². The molecule has 0 spiro atoms. The first kappa shape index (κ1) is 13.3. The van der Waals surface area contributed by atoms with E-state index in [0.29, 0.717) is 6.54 Å². The summed E-state index contributed by atoms with van der Waals surface area (Å²) in [5, 5.41) is 3.82. The standard InChI is InChI=1S/C15H18N2O2/c1-10(18)14(19)17-9-15(2,3)12-8-16-13-7-5-4-6-11(12)13/h4-8,16H,9H2,1-3H3,(H,17,19). The highest BCUT2D eigenvalue weighted by Crippen LogP contribution is 2.29. The molecule has 1 aromatic heterocycles. The molecule has 1 heterocycles. The van der Waals surface area contributed by atoms with Crippen LogP contribution in [0.2, 0.25) is 0 Å². The van der Waals surface area contributed by atoms with Gasteiger partial charge in [0.05, 0.1) is 0 Å². The summed E-state index contributed by atoms with van der Waals surface area (Å²) in [7, 11) is 0. The SMILES string of the molecule is CC(=O)C(=O)NCC(C)(C)c1c[nH]c2ccccc12. The number of hydrogen-bond donors (Lipinski definition) is 2. The number of aromatic amines is 1. The van der Waals surface area contributed by atoms with Crippen molar-refractivity contribution in [3.8, 4) is 0 Å². The van der Waals surface area contributed by atoms with Gasteiger partial charge in [-0.25, -0.2) is 0 Å². The fourth-order valence-electron chi connectivity index (χ4n) is 2.15. The molecular formula is C15H18N2O2. The van der Waals surface area contributed by atoms with Crippen LogP contribution in [0.3, 0.4) is 0 Å². The fraction of sp³-hybridized carbons (Fsp3) is 0.333. The van der Waals surface area contributed by atoms with Gasteiger partial charge in [-0.2, -0.15) is 0 Å². The van der Waals surface area contributed by atoms with E-state index in [1.54, 1.807) is 0 Å². The predicted molar refractivity (Wildman–Crippen MR) is 75.0 cm³/mol. The van der Waals surface area contributed by atoms with Gasteiger partial charge < -0.3 is 10.3 Å². The number of benzene rings is 1. The molecule has 0 unspecified atom stereocenters. The van der Waals surface area contributed by atoms with E-state index >= 15 is 0 Å². The van der Waals surface area contributed by atoms with Crippen molar-refractivity contribution in [2.45, 2.75) is 26.2 Å². The van der Waals surface area contributed by atoms with E-state index in [1.165, 1.54) is 6.92 Å². The van der Waals surface area contributed by atoms with Gasteiger partial charge in [-0.15, -0.1) is 0 Å². The van der Waals surface area contributed by atoms with E-state index in [4.69, 9.17) is 0 Å². The Morgan fingerprint density at radius 3 is 2.63 bits per heavy atom. The summed E-state index contributed by atoms with van der Waals surface area (Å²) in [5.74, 6) is -0.998. The molecule has 2 aromatic rings. The second-order valence-corrected chi connectivity index (χ2v) is 5.37. The highest BCUT2D eigenvalue weighted by atomic mass is 16.2. The van der Waals surface area contributed by atoms with Gasteiger partial charge >= 0.3 is 0 Å². The maximum atomic E-state index is 11.4. The van der Waals surface area contributed by atoms with E-state index in [0.717, 1.165) is 16.5 Å². The number of aromatic nitrogens is 1. The van der Waals surface area contributed by atoms with Crippen LogP contribution in [0.5, 0.6) is 0 Å². The highest BCUT2D eigenvalue weighted by molar-refractivity contribution is 6.35. The third-order valence-corrected chi connectivity index (χ3v) is 3.33. The molecule has 0 aliphatic carbocycles. The number of hydrogen-bond acceptors (Lipinski definition) is 2. The van der Waals surface area contributed by atoms with Crippen LogP contribution in [-0.4, -0.2) is 23.2 Å². The zero-order valence-electron chi connectivity index (χ0n) is 11.4. The maximum absolute atomic E-state index is 11.4. The molecule has 0 aliphatic heterocycles. The molecule has 2 rings (SSSR count). The second-order valence-electron chi connectivity index (χ2n) is 5.37. The number of H-pyrrole nitrogens is 1. The number of fused-ring (bicyclic) bond motifs is 1. The van der Waals surface area contributed by atoms with Gasteiger partial charge in [-0.3, -0.25) is 9.59 Å². The van der Waals surface area contributed by atoms with Gasteiger partial charge in [0.25, 0.3) is 5.91 Å². The summed E-state index contributed by atoms with van der Waals surface area (Å²) in [6.07, 6.45) is 1.96. The summed E-state index contributed by atoms with van der Waals surface area (Å²) in [4.78, 5) is 25.5. The largest absolute Gasteiger partial charge is 0.361 e. The Labute approximate surface area is 112 Å². The van der Waals surface area contributed by atoms with Crippen molar-refractivity contribution in [2.24, 2.45) is 0 Å². The Hall–Kier alpha value is -2.10. The van der Waals surface area contributed by atoms with Crippen molar-refractivity contribution < 1.29 is 9.59 Å². The Balaban J connectivity index is 2.24. The van der Waals surface area contributed by atoms with Crippen molar-refractivity contribution in [1.82, 2.24) is 10.3 Å². The third kappa shape index (κ3) is 2.67. The number of carbonyl (C=O) groups excluding carboxylic acids is 2. The topological polar surface area (TPSA) is 62.0 Å². The minimum atomic E-state index is -0.534. The normalized spacial score (nSPS) is 11.5. The first-order valence-electron chi connectivity index (χ1n) is 6.27. The summed E-state index contributed by atoms with van der Waals surface area (Å²) in [6.45, 7) is 5.79. The van der Waals surface area contributed by atoms with E-state index in [9.17, 15) is 9.59 Å². The van der Waals surface area contributed by atoms with Crippen LogP contribution >= 0.6 is 0 Å². The molecular weight excluding hydrogens is 240 g/mol. The summed E-state index contributed by atoms with van der Waals surface area (Å²) in [6, 6.07) is 8.04. The van der Waals surface area contributed by atoms with Crippen molar-refractivity contribution in [3.63, 3.8) is 0 Å². The van der Waals surface area contributed by atoms with E-state index in [1.807, 2.05) is 38.2 Å². The molecule has 4 heteroatoms. The molecule has 0 aliphatic rings. The van der Waals surface area contributed by atoms with E-state index in [-0.39, 0.29) is 5.41 Å². The van der Waals surface area contributed by atoms with E-state index < -0.39 is 11.7 Å². The van der Waals surface area contributed by atoms with Gasteiger partial charge in [0.2, 0.25) is 5.78 Å². The van der Waals surface area contributed by atoms with Gasteiger partial charge in [-0.05, 0) is 11.6 Å². The van der Waals surface area contributed by atoms with Crippen LogP contribution in [-0.2, 0) is 15.0 Å². The monoisotopic (exact) mass is 258 g/mol. The number of para-hydroxylation sites is 1. The lowest BCUT2D eigenvalue weighted by Gasteiger charge is -2.24. The van der Waals surface area contributed by atoms with Gasteiger partial charge in [0.15, 0.2) is 0 Å². The Kier molecular flexibility index (Phi) is 3.42. The number of ketones is 1.